The number of rotatable bonds is 3. The Bertz CT molecular complexity index is 755. The minimum absolute atomic E-state index is 0.0409. The number of hydrogen-bond donors (Lipinski definition) is 0. The van der Waals surface area contributed by atoms with Gasteiger partial charge in [-0.15, -0.1) is 0 Å². The molecule has 3 aromatic rings. The highest BCUT2D eigenvalue weighted by atomic mass is 35.5. The lowest BCUT2D eigenvalue weighted by Crippen LogP contribution is -2.11. The van der Waals surface area contributed by atoms with Crippen LogP contribution in [0.25, 0.3) is 17.0 Å². The van der Waals surface area contributed by atoms with Crippen LogP contribution in [-0.4, -0.2) is 30.6 Å². The normalized spacial score (nSPS) is 11.2. The monoisotopic (exact) mass is 289 g/mol. The van der Waals surface area contributed by atoms with Gasteiger partial charge < -0.3 is 4.74 Å². The smallest absolute Gasteiger partial charge is 0.322 e. The zero-order valence-electron chi connectivity index (χ0n) is 11.0. The first-order chi connectivity index (χ1) is 9.63. The predicted octanol–water partition coefficient (Wildman–Crippen LogP) is 2.65. The average Bonchev–Trinajstić information content (AvgIpc) is 2.80. The molecule has 0 aliphatic rings. The Balaban J connectivity index is 2.11. The van der Waals surface area contributed by atoms with Crippen LogP contribution in [0.4, 0.5) is 0 Å². The molecule has 2 heterocycles. The molecule has 0 aliphatic carbocycles. The van der Waals surface area contributed by atoms with E-state index in [0.29, 0.717) is 5.95 Å². The van der Waals surface area contributed by atoms with Crippen molar-refractivity contribution in [3.63, 3.8) is 0 Å². The number of aromatic nitrogens is 5. The van der Waals surface area contributed by atoms with Crippen molar-refractivity contribution < 1.29 is 4.74 Å². The molecule has 0 unspecified atom stereocenters. The first kappa shape index (κ1) is 12.8. The van der Waals surface area contributed by atoms with Crippen LogP contribution < -0.4 is 4.74 Å². The standard InChI is InChI=1S/C13H12ClN5O/c1-8(2)20-13-17-11(14)16-12(18-13)19-7-15-9-5-3-4-6-10(9)19/h3-8H,1-2H3. The maximum absolute atomic E-state index is 5.93. The van der Waals surface area contributed by atoms with E-state index in [1.807, 2.05) is 38.1 Å². The van der Waals surface area contributed by atoms with Crippen molar-refractivity contribution in [2.24, 2.45) is 0 Å². The first-order valence-electron chi connectivity index (χ1n) is 6.14. The minimum atomic E-state index is -0.0409. The summed E-state index contributed by atoms with van der Waals surface area (Å²) in [5.41, 5.74) is 1.75. The Morgan fingerprint density at radius 2 is 1.95 bits per heavy atom. The lowest BCUT2D eigenvalue weighted by Gasteiger charge is -2.09. The molecule has 0 saturated carbocycles. The van der Waals surface area contributed by atoms with Crippen LogP contribution >= 0.6 is 11.6 Å². The van der Waals surface area contributed by atoms with E-state index >= 15 is 0 Å². The lowest BCUT2D eigenvalue weighted by molar-refractivity contribution is 0.221. The molecule has 1 aromatic carbocycles. The van der Waals surface area contributed by atoms with Crippen LogP contribution in [0.15, 0.2) is 30.6 Å². The Hall–Kier alpha value is -2.21. The molecule has 0 aliphatic heterocycles. The molecule has 102 valence electrons. The number of halogens is 1. The van der Waals surface area contributed by atoms with Gasteiger partial charge in [-0.3, -0.25) is 4.57 Å². The Labute approximate surface area is 120 Å². The Kier molecular flexibility index (Phi) is 3.23. The SMILES string of the molecule is CC(C)Oc1nc(Cl)nc(-n2cnc3ccccc32)n1. The predicted molar refractivity (Wildman–Crippen MR) is 75.2 cm³/mol. The Morgan fingerprint density at radius 1 is 1.15 bits per heavy atom. The van der Waals surface area contributed by atoms with Gasteiger partial charge in [0.05, 0.1) is 17.1 Å². The second-order valence-electron chi connectivity index (χ2n) is 4.46. The molecule has 20 heavy (non-hydrogen) atoms. The summed E-state index contributed by atoms with van der Waals surface area (Å²) >= 11 is 5.93. The zero-order chi connectivity index (χ0) is 14.1. The number of ether oxygens (including phenoxy) is 1. The quantitative estimate of drug-likeness (QED) is 0.741. The van der Waals surface area contributed by atoms with Gasteiger partial charge in [-0.1, -0.05) is 12.1 Å². The third-order valence-electron chi connectivity index (χ3n) is 2.59. The summed E-state index contributed by atoms with van der Waals surface area (Å²) in [6.45, 7) is 3.79. The fourth-order valence-corrected chi connectivity index (χ4v) is 1.96. The topological polar surface area (TPSA) is 65.7 Å². The molecule has 0 spiro atoms. The van der Waals surface area contributed by atoms with E-state index in [1.54, 1.807) is 10.9 Å². The lowest BCUT2D eigenvalue weighted by atomic mass is 10.3. The fourth-order valence-electron chi connectivity index (χ4n) is 1.81. The highest BCUT2D eigenvalue weighted by Gasteiger charge is 2.11. The van der Waals surface area contributed by atoms with Crippen LogP contribution in [0.1, 0.15) is 13.8 Å². The number of hydrogen-bond acceptors (Lipinski definition) is 5. The molecule has 0 N–H and O–H groups in total. The van der Waals surface area contributed by atoms with E-state index < -0.39 is 0 Å². The highest BCUT2D eigenvalue weighted by Crippen LogP contribution is 2.18. The summed E-state index contributed by atoms with van der Waals surface area (Å²) in [7, 11) is 0. The summed E-state index contributed by atoms with van der Waals surface area (Å²) < 4.78 is 7.21. The van der Waals surface area contributed by atoms with Crippen molar-refractivity contribution in [3.8, 4) is 12.0 Å². The van der Waals surface area contributed by atoms with Gasteiger partial charge in [0.1, 0.15) is 6.33 Å². The van der Waals surface area contributed by atoms with Gasteiger partial charge in [0.25, 0.3) is 0 Å². The molecule has 0 amide bonds. The van der Waals surface area contributed by atoms with Crippen molar-refractivity contribution in [1.82, 2.24) is 24.5 Å². The number of para-hydroxylation sites is 2. The second kappa shape index (κ2) is 5.05. The maximum Gasteiger partial charge on any atom is 0.322 e. The molecule has 6 nitrogen and oxygen atoms in total. The molecule has 2 aromatic heterocycles. The largest absolute Gasteiger partial charge is 0.461 e. The summed E-state index contributed by atoms with van der Waals surface area (Å²) in [6.07, 6.45) is 1.61. The minimum Gasteiger partial charge on any atom is -0.461 e. The van der Waals surface area contributed by atoms with Crippen LogP contribution in [-0.2, 0) is 0 Å². The molecule has 0 saturated heterocycles. The van der Waals surface area contributed by atoms with Gasteiger partial charge in [-0.2, -0.15) is 15.0 Å². The third kappa shape index (κ3) is 2.42. The molecular weight excluding hydrogens is 278 g/mol. The number of imidazole rings is 1. The van der Waals surface area contributed by atoms with Gasteiger partial charge in [0.2, 0.25) is 11.2 Å². The van der Waals surface area contributed by atoms with E-state index in [9.17, 15) is 0 Å². The van der Waals surface area contributed by atoms with E-state index in [-0.39, 0.29) is 17.4 Å². The summed E-state index contributed by atoms with van der Waals surface area (Å²) in [5, 5.41) is 0.0865. The number of fused-ring (bicyclic) bond motifs is 1. The van der Waals surface area contributed by atoms with Crippen molar-refractivity contribution >= 4 is 22.6 Å². The van der Waals surface area contributed by atoms with Crippen molar-refractivity contribution in [3.05, 3.63) is 35.9 Å². The average molecular weight is 290 g/mol. The number of nitrogens with zero attached hydrogens (tertiary/aromatic N) is 5. The van der Waals surface area contributed by atoms with Crippen LogP contribution in [0.5, 0.6) is 6.01 Å². The van der Waals surface area contributed by atoms with Crippen LogP contribution in [0.3, 0.4) is 0 Å². The van der Waals surface area contributed by atoms with Crippen molar-refractivity contribution in [2.45, 2.75) is 20.0 Å². The molecule has 0 radical (unpaired) electrons. The third-order valence-corrected chi connectivity index (χ3v) is 2.75. The van der Waals surface area contributed by atoms with Gasteiger partial charge in [-0.05, 0) is 37.6 Å². The summed E-state index contributed by atoms with van der Waals surface area (Å²) in [4.78, 5) is 16.6. The van der Waals surface area contributed by atoms with Crippen molar-refractivity contribution in [2.75, 3.05) is 0 Å². The summed E-state index contributed by atoms with van der Waals surface area (Å²) in [6, 6.07) is 7.90. The van der Waals surface area contributed by atoms with Crippen molar-refractivity contribution in [1.29, 1.82) is 0 Å². The maximum atomic E-state index is 5.93. The Morgan fingerprint density at radius 3 is 2.75 bits per heavy atom. The van der Waals surface area contributed by atoms with Gasteiger partial charge in [-0.25, -0.2) is 4.98 Å². The molecule has 3 rings (SSSR count). The van der Waals surface area contributed by atoms with E-state index in [1.165, 1.54) is 0 Å². The van der Waals surface area contributed by atoms with Gasteiger partial charge in [0, 0.05) is 0 Å². The highest BCUT2D eigenvalue weighted by molar-refractivity contribution is 6.28. The summed E-state index contributed by atoms with van der Waals surface area (Å²) in [5.74, 6) is 0.384. The van der Waals surface area contributed by atoms with Gasteiger partial charge in [0.15, 0.2) is 0 Å². The zero-order valence-corrected chi connectivity index (χ0v) is 11.7. The van der Waals surface area contributed by atoms with Gasteiger partial charge >= 0.3 is 6.01 Å². The number of benzene rings is 1. The van der Waals surface area contributed by atoms with E-state index in [0.717, 1.165) is 11.0 Å². The first-order valence-corrected chi connectivity index (χ1v) is 6.52. The molecular formula is C13H12ClN5O. The fraction of sp³-hybridized carbons (Fsp3) is 0.231. The van der Waals surface area contributed by atoms with E-state index in [2.05, 4.69) is 19.9 Å². The second-order valence-corrected chi connectivity index (χ2v) is 4.79. The molecule has 7 heteroatoms. The molecule has 0 fully saturated rings. The van der Waals surface area contributed by atoms with E-state index in [4.69, 9.17) is 16.3 Å². The van der Waals surface area contributed by atoms with Crippen LogP contribution in [0.2, 0.25) is 5.28 Å². The molecule has 0 atom stereocenters. The molecule has 0 bridgehead atoms. The van der Waals surface area contributed by atoms with Crippen LogP contribution in [0, 0.1) is 0 Å².